The van der Waals surface area contributed by atoms with Crippen LogP contribution in [-0.4, -0.2) is 40.0 Å². The highest BCUT2D eigenvalue weighted by atomic mass is 16.6. The van der Waals surface area contributed by atoms with Gasteiger partial charge in [0.15, 0.2) is 0 Å². The zero-order valence-corrected chi connectivity index (χ0v) is 10.1. The number of carbonyl (C=O) groups excluding carboxylic acids is 2. The number of nitro groups is 1. The summed E-state index contributed by atoms with van der Waals surface area (Å²) in [5.74, 6) is -0.782. The van der Waals surface area contributed by atoms with E-state index in [1.165, 1.54) is 0 Å². The van der Waals surface area contributed by atoms with Gasteiger partial charge < -0.3 is 4.74 Å². The van der Waals surface area contributed by atoms with Gasteiger partial charge in [0.1, 0.15) is 5.60 Å². The van der Waals surface area contributed by atoms with E-state index in [1.807, 2.05) is 0 Å². The Morgan fingerprint density at radius 1 is 1.53 bits per heavy atom. The quantitative estimate of drug-likeness (QED) is 0.510. The zero-order chi connectivity index (χ0) is 13.2. The average molecular weight is 244 g/mol. The van der Waals surface area contributed by atoms with Crippen LogP contribution in [0.3, 0.4) is 0 Å². The van der Waals surface area contributed by atoms with E-state index < -0.39 is 28.6 Å². The van der Waals surface area contributed by atoms with Crippen LogP contribution < -0.4 is 0 Å². The van der Waals surface area contributed by atoms with Crippen molar-refractivity contribution in [3.8, 4) is 0 Å². The van der Waals surface area contributed by atoms with E-state index in [2.05, 4.69) is 0 Å². The molecule has 1 aliphatic heterocycles. The Morgan fingerprint density at radius 2 is 2.12 bits per heavy atom. The van der Waals surface area contributed by atoms with Gasteiger partial charge in [0.05, 0.1) is 0 Å². The molecule has 0 aliphatic carbocycles. The van der Waals surface area contributed by atoms with Crippen molar-refractivity contribution >= 4 is 12.0 Å². The Balaban J connectivity index is 2.74. The maximum Gasteiger partial charge on any atom is 0.417 e. The van der Waals surface area contributed by atoms with Crippen molar-refractivity contribution in [3.63, 3.8) is 0 Å². The van der Waals surface area contributed by atoms with Crippen molar-refractivity contribution in [3.05, 3.63) is 10.1 Å². The monoisotopic (exact) mass is 244 g/mol. The summed E-state index contributed by atoms with van der Waals surface area (Å²) in [6.07, 6.45) is -0.212. The van der Waals surface area contributed by atoms with Crippen molar-refractivity contribution in [2.45, 2.75) is 45.3 Å². The Bertz CT molecular complexity index is 347. The molecule has 0 radical (unpaired) electrons. The standard InChI is InChI=1S/C10H16N2O5/c1-10(2,3)17-9(14)11-6-4-5-7(8(11)13)12(15)16/h7H,4-6H2,1-3H3. The van der Waals surface area contributed by atoms with Crippen LogP contribution in [0.5, 0.6) is 0 Å². The Morgan fingerprint density at radius 3 is 2.59 bits per heavy atom. The van der Waals surface area contributed by atoms with Crippen LogP contribution in [0.15, 0.2) is 0 Å². The molecule has 17 heavy (non-hydrogen) atoms. The van der Waals surface area contributed by atoms with Gasteiger partial charge in [-0.2, -0.15) is 0 Å². The third kappa shape index (κ3) is 3.40. The van der Waals surface area contributed by atoms with Gasteiger partial charge in [0.25, 0.3) is 6.04 Å². The number of amides is 2. The third-order valence-corrected chi connectivity index (χ3v) is 2.28. The second-order valence-corrected chi connectivity index (χ2v) is 4.91. The molecule has 1 atom stereocenters. The van der Waals surface area contributed by atoms with Gasteiger partial charge in [0, 0.05) is 17.9 Å². The summed E-state index contributed by atoms with van der Waals surface area (Å²) >= 11 is 0. The smallest absolute Gasteiger partial charge is 0.417 e. The number of piperidine rings is 1. The molecule has 0 spiro atoms. The molecule has 1 rings (SSSR count). The number of rotatable bonds is 1. The maximum absolute atomic E-state index is 11.7. The lowest BCUT2D eigenvalue weighted by molar-refractivity contribution is -0.511. The van der Waals surface area contributed by atoms with E-state index in [9.17, 15) is 19.7 Å². The summed E-state index contributed by atoms with van der Waals surface area (Å²) in [5.41, 5.74) is -0.723. The fraction of sp³-hybridized carbons (Fsp3) is 0.800. The second kappa shape index (κ2) is 4.68. The number of hydrogen-bond donors (Lipinski definition) is 0. The highest BCUT2D eigenvalue weighted by Crippen LogP contribution is 2.17. The Kier molecular flexibility index (Phi) is 3.69. The van der Waals surface area contributed by atoms with Gasteiger partial charge >= 0.3 is 12.0 Å². The summed E-state index contributed by atoms with van der Waals surface area (Å²) in [5, 5.41) is 10.6. The molecule has 7 nitrogen and oxygen atoms in total. The summed E-state index contributed by atoms with van der Waals surface area (Å²) in [4.78, 5) is 34.1. The number of ether oxygens (including phenoxy) is 1. The third-order valence-electron chi connectivity index (χ3n) is 2.28. The van der Waals surface area contributed by atoms with Crippen molar-refractivity contribution in [1.82, 2.24) is 4.90 Å². The van der Waals surface area contributed by atoms with Gasteiger partial charge in [-0.25, -0.2) is 9.69 Å². The fourth-order valence-electron chi connectivity index (χ4n) is 1.55. The molecule has 0 saturated carbocycles. The molecular formula is C10H16N2O5. The maximum atomic E-state index is 11.7. The van der Waals surface area contributed by atoms with Crippen molar-refractivity contribution in [2.24, 2.45) is 0 Å². The molecule has 0 aromatic carbocycles. The molecular weight excluding hydrogens is 228 g/mol. The minimum Gasteiger partial charge on any atom is -0.443 e. The lowest BCUT2D eigenvalue weighted by atomic mass is 10.1. The van der Waals surface area contributed by atoms with Crippen LogP contribution >= 0.6 is 0 Å². The molecule has 0 bridgehead atoms. The van der Waals surface area contributed by atoms with E-state index in [0.29, 0.717) is 6.42 Å². The minimum absolute atomic E-state index is 0.172. The number of imide groups is 1. The van der Waals surface area contributed by atoms with Gasteiger partial charge in [0.2, 0.25) is 0 Å². The fourth-order valence-corrected chi connectivity index (χ4v) is 1.55. The molecule has 0 aromatic rings. The first-order valence-electron chi connectivity index (χ1n) is 5.40. The van der Waals surface area contributed by atoms with Crippen molar-refractivity contribution in [1.29, 1.82) is 0 Å². The van der Waals surface area contributed by atoms with E-state index in [1.54, 1.807) is 20.8 Å². The summed E-state index contributed by atoms with van der Waals surface area (Å²) < 4.78 is 5.02. The molecule has 1 saturated heterocycles. The van der Waals surface area contributed by atoms with E-state index in [0.717, 1.165) is 4.90 Å². The number of hydrogen-bond acceptors (Lipinski definition) is 5. The highest BCUT2D eigenvalue weighted by Gasteiger charge is 2.41. The number of nitrogens with zero attached hydrogens (tertiary/aromatic N) is 2. The van der Waals surface area contributed by atoms with Crippen LogP contribution in [0.2, 0.25) is 0 Å². The van der Waals surface area contributed by atoms with E-state index in [4.69, 9.17) is 4.74 Å². The van der Waals surface area contributed by atoms with E-state index >= 15 is 0 Å². The molecule has 1 unspecified atom stereocenters. The molecule has 0 N–H and O–H groups in total. The summed E-state index contributed by atoms with van der Waals surface area (Å²) in [6.45, 7) is 5.19. The summed E-state index contributed by atoms with van der Waals surface area (Å²) in [6, 6.07) is -1.32. The SMILES string of the molecule is CC(C)(C)OC(=O)N1CCCC([N+](=O)[O-])C1=O. The van der Waals surface area contributed by atoms with Gasteiger partial charge in [-0.05, 0) is 27.2 Å². The summed E-state index contributed by atoms with van der Waals surface area (Å²) in [7, 11) is 0. The number of carbonyl (C=O) groups is 2. The van der Waals surface area contributed by atoms with Crippen LogP contribution in [-0.2, 0) is 9.53 Å². The molecule has 0 aromatic heterocycles. The second-order valence-electron chi connectivity index (χ2n) is 4.91. The topological polar surface area (TPSA) is 89.8 Å². The number of likely N-dealkylation sites (tertiary alicyclic amines) is 1. The molecule has 7 heteroatoms. The zero-order valence-electron chi connectivity index (χ0n) is 10.1. The predicted octanol–water partition coefficient (Wildman–Crippen LogP) is 1.19. The first kappa shape index (κ1) is 13.4. The molecule has 2 amide bonds. The molecule has 1 fully saturated rings. The lowest BCUT2D eigenvalue weighted by Gasteiger charge is -2.29. The van der Waals surface area contributed by atoms with Gasteiger partial charge in [-0.3, -0.25) is 14.9 Å². The minimum atomic E-state index is -1.32. The van der Waals surface area contributed by atoms with E-state index in [-0.39, 0.29) is 13.0 Å². The van der Waals surface area contributed by atoms with Crippen molar-refractivity contribution in [2.75, 3.05) is 6.54 Å². The van der Waals surface area contributed by atoms with Crippen LogP contribution in [0.25, 0.3) is 0 Å². The Labute approximate surface area is 98.9 Å². The highest BCUT2D eigenvalue weighted by molar-refractivity contribution is 5.95. The first-order chi connectivity index (χ1) is 7.72. The van der Waals surface area contributed by atoms with Crippen LogP contribution in [0.1, 0.15) is 33.6 Å². The molecule has 1 heterocycles. The average Bonchev–Trinajstić information content (AvgIpc) is 2.14. The molecule has 1 aliphatic rings. The van der Waals surface area contributed by atoms with Crippen molar-refractivity contribution < 1.29 is 19.2 Å². The normalized spacial score (nSPS) is 21.2. The first-order valence-corrected chi connectivity index (χ1v) is 5.40. The van der Waals surface area contributed by atoms with Gasteiger partial charge in [-0.1, -0.05) is 0 Å². The Hall–Kier alpha value is -1.66. The largest absolute Gasteiger partial charge is 0.443 e. The van der Waals surface area contributed by atoms with Gasteiger partial charge in [-0.15, -0.1) is 0 Å². The van der Waals surface area contributed by atoms with Crippen LogP contribution in [0, 0.1) is 10.1 Å². The lowest BCUT2D eigenvalue weighted by Crippen LogP contribution is -2.51. The molecule has 96 valence electrons. The van der Waals surface area contributed by atoms with Crippen LogP contribution in [0.4, 0.5) is 4.79 Å². The predicted molar refractivity (Wildman–Crippen MR) is 58.0 cm³/mol.